The first-order valence-corrected chi connectivity index (χ1v) is 6.45. The average molecular weight is 242 g/mol. The summed E-state index contributed by atoms with van der Waals surface area (Å²) in [5, 5.41) is 10.4. The van der Waals surface area contributed by atoms with Crippen molar-refractivity contribution in [2.24, 2.45) is 0 Å². The summed E-state index contributed by atoms with van der Waals surface area (Å²) in [5.74, 6) is 1.18. The fraction of sp³-hybridized carbons (Fsp3) is 0.357. The minimum absolute atomic E-state index is 0.546. The topological polar surface area (TPSA) is 66.7 Å². The minimum atomic E-state index is 0.546. The van der Waals surface area contributed by atoms with Gasteiger partial charge in [-0.25, -0.2) is 0 Å². The van der Waals surface area contributed by atoms with Crippen molar-refractivity contribution in [1.82, 2.24) is 15.5 Å². The van der Waals surface area contributed by atoms with E-state index in [1.807, 2.05) is 6.07 Å². The van der Waals surface area contributed by atoms with Crippen LogP contribution in [0.2, 0.25) is 0 Å². The lowest BCUT2D eigenvalue weighted by Gasteiger charge is -2.24. The summed E-state index contributed by atoms with van der Waals surface area (Å²) in [6.07, 6.45) is 2.39. The molecule has 1 aliphatic rings. The average Bonchev–Trinajstić information content (AvgIpc) is 2.86. The molecule has 18 heavy (non-hydrogen) atoms. The number of nitrogen functional groups attached to an aromatic ring is 1. The highest BCUT2D eigenvalue weighted by Crippen LogP contribution is 2.33. The van der Waals surface area contributed by atoms with Crippen molar-refractivity contribution in [2.45, 2.75) is 18.8 Å². The van der Waals surface area contributed by atoms with Crippen LogP contribution in [0, 0.1) is 0 Å². The highest BCUT2D eigenvalue weighted by atomic mass is 15.2. The lowest BCUT2D eigenvalue weighted by Crippen LogP contribution is -2.26. The van der Waals surface area contributed by atoms with Gasteiger partial charge in [-0.3, -0.25) is 5.10 Å². The standard InChI is InChI=1S/C14H18N4/c15-14-9-13(17-18-14)12-4-2-1-3-11(12)10-5-7-16-8-6-10/h1-4,9-10,16H,5-8H2,(H3,15,17,18). The molecule has 1 aromatic carbocycles. The molecule has 0 spiro atoms. The molecule has 4 nitrogen and oxygen atoms in total. The third-order valence-corrected chi connectivity index (χ3v) is 3.63. The Bertz CT molecular complexity index is 526. The molecule has 1 fully saturated rings. The molecule has 0 unspecified atom stereocenters. The van der Waals surface area contributed by atoms with Gasteiger partial charge in [0.15, 0.2) is 0 Å². The largest absolute Gasteiger partial charge is 0.382 e. The number of anilines is 1. The van der Waals surface area contributed by atoms with Crippen molar-refractivity contribution >= 4 is 5.82 Å². The zero-order chi connectivity index (χ0) is 12.4. The Kier molecular flexibility index (Phi) is 3.02. The first-order chi connectivity index (χ1) is 8.84. The maximum absolute atomic E-state index is 5.69. The number of hydrogen-bond acceptors (Lipinski definition) is 3. The molecule has 3 rings (SSSR count). The van der Waals surface area contributed by atoms with Gasteiger partial charge in [0.05, 0.1) is 5.69 Å². The van der Waals surface area contributed by atoms with Gasteiger partial charge in [0, 0.05) is 11.6 Å². The molecular formula is C14H18N4. The zero-order valence-corrected chi connectivity index (χ0v) is 10.3. The molecule has 0 bridgehead atoms. The van der Waals surface area contributed by atoms with Crippen LogP contribution < -0.4 is 11.1 Å². The molecule has 94 valence electrons. The third-order valence-electron chi connectivity index (χ3n) is 3.63. The SMILES string of the molecule is Nc1cc(-c2ccccc2C2CCNCC2)[nH]n1. The Morgan fingerprint density at radius 2 is 1.94 bits per heavy atom. The second-order valence-corrected chi connectivity index (χ2v) is 4.82. The molecule has 1 saturated heterocycles. The molecule has 0 radical (unpaired) electrons. The van der Waals surface area contributed by atoms with Crippen LogP contribution in [0.3, 0.4) is 0 Å². The van der Waals surface area contributed by atoms with Crippen LogP contribution in [0.5, 0.6) is 0 Å². The minimum Gasteiger partial charge on any atom is -0.382 e. The van der Waals surface area contributed by atoms with E-state index in [0.29, 0.717) is 11.7 Å². The van der Waals surface area contributed by atoms with Gasteiger partial charge < -0.3 is 11.1 Å². The van der Waals surface area contributed by atoms with E-state index in [0.717, 1.165) is 18.8 Å². The fourth-order valence-corrected chi connectivity index (χ4v) is 2.71. The molecule has 1 aromatic heterocycles. The maximum atomic E-state index is 5.69. The fourth-order valence-electron chi connectivity index (χ4n) is 2.71. The van der Waals surface area contributed by atoms with Crippen LogP contribution in [-0.4, -0.2) is 23.3 Å². The summed E-state index contributed by atoms with van der Waals surface area (Å²) in [7, 11) is 0. The van der Waals surface area contributed by atoms with Crippen LogP contribution in [0.15, 0.2) is 30.3 Å². The maximum Gasteiger partial charge on any atom is 0.145 e. The van der Waals surface area contributed by atoms with Gasteiger partial charge in [-0.1, -0.05) is 24.3 Å². The second-order valence-electron chi connectivity index (χ2n) is 4.82. The predicted octanol–water partition coefficient (Wildman–Crippen LogP) is 2.13. The van der Waals surface area contributed by atoms with Crippen LogP contribution in [0.25, 0.3) is 11.3 Å². The number of aromatic amines is 1. The monoisotopic (exact) mass is 242 g/mol. The van der Waals surface area contributed by atoms with Crippen molar-refractivity contribution in [3.05, 3.63) is 35.9 Å². The number of nitrogens with two attached hydrogens (primary N) is 1. The normalized spacial score (nSPS) is 16.9. The van der Waals surface area contributed by atoms with E-state index in [2.05, 4.69) is 39.8 Å². The van der Waals surface area contributed by atoms with E-state index >= 15 is 0 Å². The Hall–Kier alpha value is -1.81. The summed E-state index contributed by atoms with van der Waals surface area (Å²) >= 11 is 0. The Labute approximate surface area is 107 Å². The van der Waals surface area contributed by atoms with Gasteiger partial charge in [0.2, 0.25) is 0 Å². The van der Waals surface area contributed by atoms with Gasteiger partial charge in [0.1, 0.15) is 5.82 Å². The molecule has 1 aliphatic heterocycles. The highest BCUT2D eigenvalue weighted by molar-refractivity contribution is 5.66. The molecule has 0 aliphatic carbocycles. The number of H-pyrrole nitrogens is 1. The zero-order valence-electron chi connectivity index (χ0n) is 10.3. The van der Waals surface area contributed by atoms with E-state index in [1.165, 1.54) is 24.0 Å². The number of rotatable bonds is 2. The van der Waals surface area contributed by atoms with E-state index in [-0.39, 0.29) is 0 Å². The van der Waals surface area contributed by atoms with E-state index in [1.54, 1.807) is 0 Å². The van der Waals surface area contributed by atoms with Gasteiger partial charge >= 0.3 is 0 Å². The quantitative estimate of drug-likeness (QED) is 0.755. The Morgan fingerprint density at radius 1 is 1.17 bits per heavy atom. The molecule has 4 N–H and O–H groups in total. The van der Waals surface area contributed by atoms with Crippen molar-refractivity contribution in [1.29, 1.82) is 0 Å². The number of aromatic nitrogens is 2. The van der Waals surface area contributed by atoms with Gasteiger partial charge in [-0.05, 0) is 37.4 Å². The third kappa shape index (κ3) is 2.11. The Balaban J connectivity index is 1.99. The first-order valence-electron chi connectivity index (χ1n) is 6.45. The van der Waals surface area contributed by atoms with E-state index in [4.69, 9.17) is 5.73 Å². The van der Waals surface area contributed by atoms with Crippen LogP contribution in [0.1, 0.15) is 24.3 Å². The molecule has 0 amide bonds. The first kappa shape index (κ1) is 11.3. The number of nitrogens with one attached hydrogen (secondary N) is 2. The van der Waals surface area contributed by atoms with Crippen molar-refractivity contribution in [3.63, 3.8) is 0 Å². The predicted molar refractivity (Wildman–Crippen MR) is 73.3 cm³/mol. The molecular weight excluding hydrogens is 224 g/mol. The second kappa shape index (κ2) is 4.82. The number of nitrogens with zero attached hydrogens (tertiary/aromatic N) is 1. The number of piperidine rings is 1. The highest BCUT2D eigenvalue weighted by Gasteiger charge is 2.19. The van der Waals surface area contributed by atoms with E-state index < -0.39 is 0 Å². The summed E-state index contributed by atoms with van der Waals surface area (Å²) in [5.41, 5.74) is 9.34. The summed E-state index contributed by atoms with van der Waals surface area (Å²) in [4.78, 5) is 0. The van der Waals surface area contributed by atoms with Crippen molar-refractivity contribution < 1.29 is 0 Å². The van der Waals surface area contributed by atoms with Crippen LogP contribution >= 0.6 is 0 Å². The summed E-state index contributed by atoms with van der Waals surface area (Å²) < 4.78 is 0. The number of benzene rings is 1. The lowest BCUT2D eigenvalue weighted by molar-refractivity contribution is 0.461. The summed E-state index contributed by atoms with van der Waals surface area (Å²) in [6.45, 7) is 2.20. The molecule has 2 aromatic rings. The van der Waals surface area contributed by atoms with Crippen molar-refractivity contribution in [3.8, 4) is 11.3 Å². The van der Waals surface area contributed by atoms with Gasteiger partial charge in [-0.15, -0.1) is 0 Å². The van der Waals surface area contributed by atoms with Crippen molar-refractivity contribution in [2.75, 3.05) is 18.8 Å². The lowest BCUT2D eigenvalue weighted by atomic mass is 9.86. The molecule has 2 heterocycles. The summed E-state index contributed by atoms with van der Waals surface area (Å²) in [6, 6.07) is 10.4. The van der Waals surface area contributed by atoms with Crippen LogP contribution in [-0.2, 0) is 0 Å². The number of hydrogen-bond donors (Lipinski definition) is 3. The Morgan fingerprint density at radius 3 is 2.67 bits per heavy atom. The smallest absolute Gasteiger partial charge is 0.145 e. The van der Waals surface area contributed by atoms with Crippen LogP contribution in [0.4, 0.5) is 5.82 Å². The molecule has 0 atom stereocenters. The molecule has 0 saturated carbocycles. The van der Waals surface area contributed by atoms with E-state index in [9.17, 15) is 0 Å². The molecule has 4 heteroatoms. The van der Waals surface area contributed by atoms with Gasteiger partial charge in [0.25, 0.3) is 0 Å². The van der Waals surface area contributed by atoms with Gasteiger partial charge in [-0.2, -0.15) is 5.10 Å².